The van der Waals surface area contributed by atoms with E-state index in [9.17, 15) is 4.79 Å². The molecule has 0 aliphatic carbocycles. The van der Waals surface area contributed by atoms with Crippen LogP contribution in [0.2, 0.25) is 0 Å². The first-order valence-electron chi connectivity index (χ1n) is 9.36. The average Bonchev–Trinajstić information content (AvgIpc) is 2.63. The van der Waals surface area contributed by atoms with Crippen LogP contribution in [0.25, 0.3) is 0 Å². The van der Waals surface area contributed by atoms with Crippen LogP contribution in [0, 0.1) is 0 Å². The molecule has 0 saturated carbocycles. The highest BCUT2D eigenvalue weighted by Gasteiger charge is 2.18. The number of hydrogen-bond donors (Lipinski definition) is 0. The molecular weight excluding hydrogens is 326 g/mol. The fourth-order valence-electron chi connectivity index (χ4n) is 3.47. The Bertz CT molecular complexity index is 726. The van der Waals surface area contributed by atoms with Gasteiger partial charge < -0.3 is 14.4 Å². The number of aryl methyl sites for hydroxylation is 1. The monoisotopic (exact) mass is 353 g/mol. The Morgan fingerprint density at radius 1 is 1.08 bits per heavy atom. The molecule has 1 heterocycles. The zero-order chi connectivity index (χ0) is 18.4. The highest BCUT2D eigenvalue weighted by molar-refractivity contribution is 5.70. The molecule has 2 aromatic rings. The van der Waals surface area contributed by atoms with Gasteiger partial charge in [-0.2, -0.15) is 0 Å². The van der Waals surface area contributed by atoms with Gasteiger partial charge in [-0.05, 0) is 69.1 Å². The lowest BCUT2D eigenvalue weighted by molar-refractivity contribution is -0.131. The molecule has 0 amide bonds. The van der Waals surface area contributed by atoms with E-state index in [1.807, 2.05) is 24.3 Å². The number of rotatable bonds is 6. The van der Waals surface area contributed by atoms with Crippen LogP contribution in [0.15, 0.2) is 48.5 Å². The first kappa shape index (κ1) is 18.5. The van der Waals surface area contributed by atoms with Gasteiger partial charge in [-0.15, -0.1) is 0 Å². The molecule has 1 unspecified atom stereocenters. The lowest BCUT2D eigenvalue weighted by atomic mass is 9.96. The lowest BCUT2D eigenvalue weighted by Gasteiger charge is -2.32. The second kappa shape index (κ2) is 8.86. The summed E-state index contributed by atoms with van der Waals surface area (Å²) >= 11 is 0. The van der Waals surface area contributed by atoms with Crippen LogP contribution in [0.3, 0.4) is 0 Å². The molecule has 0 aromatic heterocycles. The summed E-state index contributed by atoms with van der Waals surface area (Å²) in [4.78, 5) is 13.7. The minimum atomic E-state index is -0.357. The summed E-state index contributed by atoms with van der Waals surface area (Å²) in [6.45, 7) is 2.61. The molecule has 26 heavy (non-hydrogen) atoms. The molecule has 4 nitrogen and oxygen atoms in total. The molecule has 1 aliphatic heterocycles. The van der Waals surface area contributed by atoms with Crippen molar-refractivity contribution >= 4 is 5.97 Å². The quantitative estimate of drug-likeness (QED) is 0.551. The summed E-state index contributed by atoms with van der Waals surface area (Å²) in [5.41, 5.74) is 1.32. The van der Waals surface area contributed by atoms with Gasteiger partial charge in [0, 0.05) is 13.0 Å². The first-order chi connectivity index (χ1) is 12.6. The molecule has 1 fully saturated rings. The van der Waals surface area contributed by atoms with E-state index in [4.69, 9.17) is 9.47 Å². The van der Waals surface area contributed by atoms with Crippen molar-refractivity contribution in [2.24, 2.45) is 0 Å². The van der Waals surface area contributed by atoms with E-state index < -0.39 is 0 Å². The second-order valence-corrected chi connectivity index (χ2v) is 6.96. The average molecular weight is 353 g/mol. The third-order valence-corrected chi connectivity index (χ3v) is 4.94. The van der Waals surface area contributed by atoms with Crippen LogP contribution in [0.1, 0.15) is 38.2 Å². The van der Waals surface area contributed by atoms with Crippen molar-refractivity contribution in [2.45, 2.75) is 45.1 Å². The number of benzene rings is 2. The summed E-state index contributed by atoms with van der Waals surface area (Å²) in [6.07, 6.45) is 6.27. The van der Waals surface area contributed by atoms with Gasteiger partial charge in [-0.3, -0.25) is 4.79 Å². The third kappa shape index (κ3) is 5.09. The molecule has 3 rings (SSSR count). The van der Waals surface area contributed by atoms with Crippen molar-refractivity contribution in [1.29, 1.82) is 0 Å². The molecule has 2 aromatic carbocycles. The van der Waals surface area contributed by atoms with Gasteiger partial charge in [-0.1, -0.05) is 30.7 Å². The maximum absolute atomic E-state index is 11.2. The van der Waals surface area contributed by atoms with Crippen LogP contribution < -0.4 is 9.47 Å². The summed E-state index contributed by atoms with van der Waals surface area (Å²) < 4.78 is 11.1. The fourth-order valence-corrected chi connectivity index (χ4v) is 3.47. The topological polar surface area (TPSA) is 38.8 Å². The third-order valence-electron chi connectivity index (χ3n) is 4.94. The van der Waals surface area contributed by atoms with Crippen molar-refractivity contribution in [1.82, 2.24) is 4.90 Å². The number of hydrogen-bond acceptors (Lipinski definition) is 4. The SMILES string of the molecule is CC(=O)Oc1ccccc1Oc1ccc(CCC2CCCCN2C)cc1. The van der Waals surface area contributed by atoms with E-state index >= 15 is 0 Å². The van der Waals surface area contributed by atoms with E-state index in [0.29, 0.717) is 17.5 Å². The number of esters is 1. The summed E-state index contributed by atoms with van der Waals surface area (Å²) in [5.74, 6) is 1.36. The van der Waals surface area contributed by atoms with E-state index in [-0.39, 0.29) is 5.97 Å². The molecule has 1 aliphatic rings. The highest BCUT2D eigenvalue weighted by atomic mass is 16.6. The Kier molecular flexibility index (Phi) is 6.29. The number of piperidine rings is 1. The zero-order valence-corrected chi connectivity index (χ0v) is 15.6. The van der Waals surface area contributed by atoms with E-state index in [2.05, 4.69) is 24.1 Å². The molecule has 4 heteroatoms. The maximum Gasteiger partial charge on any atom is 0.308 e. The van der Waals surface area contributed by atoms with Gasteiger partial charge in [0.05, 0.1) is 0 Å². The number of para-hydroxylation sites is 2. The Labute approximate surface area is 155 Å². The van der Waals surface area contributed by atoms with E-state index in [1.165, 1.54) is 44.7 Å². The fraction of sp³-hybridized carbons (Fsp3) is 0.409. The normalized spacial score (nSPS) is 17.7. The van der Waals surface area contributed by atoms with Gasteiger partial charge in [0.1, 0.15) is 5.75 Å². The standard InChI is InChI=1S/C22H27NO3/c1-17(24)25-21-8-3-4-9-22(21)26-20-14-11-18(12-15-20)10-13-19-7-5-6-16-23(19)2/h3-4,8-9,11-12,14-15,19H,5-7,10,13,16H2,1-2H3. The van der Waals surface area contributed by atoms with Crippen LogP contribution in [0.5, 0.6) is 17.2 Å². The summed E-state index contributed by atoms with van der Waals surface area (Å²) in [7, 11) is 2.24. The molecule has 0 N–H and O–H groups in total. The molecule has 1 atom stereocenters. The largest absolute Gasteiger partial charge is 0.453 e. The predicted molar refractivity (Wildman–Crippen MR) is 103 cm³/mol. The molecular formula is C22H27NO3. The Morgan fingerprint density at radius 2 is 1.81 bits per heavy atom. The van der Waals surface area contributed by atoms with Gasteiger partial charge >= 0.3 is 5.97 Å². The van der Waals surface area contributed by atoms with Crippen LogP contribution in [-0.2, 0) is 11.2 Å². The van der Waals surface area contributed by atoms with Gasteiger partial charge in [0.15, 0.2) is 11.5 Å². The maximum atomic E-state index is 11.2. The molecule has 1 saturated heterocycles. The molecule has 0 bridgehead atoms. The molecule has 0 radical (unpaired) electrons. The Hall–Kier alpha value is -2.33. The van der Waals surface area contributed by atoms with Crippen LogP contribution in [0.4, 0.5) is 0 Å². The minimum absolute atomic E-state index is 0.357. The first-order valence-corrected chi connectivity index (χ1v) is 9.36. The zero-order valence-electron chi connectivity index (χ0n) is 15.6. The Morgan fingerprint density at radius 3 is 2.50 bits per heavy atom. The number of carbonyl (C=O) groups is 1. The number of carbonyl (C=O) groups excluding carboxylic acids is 1. The second-order valence-electron chi connectivity index (χ2n) is 6.96. The van der Waals surface area contributed by atoms with Crippen LogP contribution >= 0.6 is 0 Å². The highest BCUT2D eigenvalue weighted by Crippen LogP contribution is 2.31. The summed E-state index contributed by atoms with van der Waals surface area (Å²) in [5, 5.41) is 0. The van der Waals surface area contributed by atoms with Gasteiger partial charge in [0.25, 0.3) is 0 Å². The predicted octanol–water partition coefficient (Wildman–Crippen LogP) is 4.82. The lowest BCUT2D eigenvalue weighted by Crippen LogP contribution is -2.36. The van der Waals surface area contributed by atoms with Crippen molar-refractivity contribution in [3.05, 3.63) is 54.1 Å². The van der Waals surface area contributed by atoms with Crippen molar-refractivity contribution in [3.8, 4) is 17.2 Å². The van der Waals surface area contributed by atoms with E-state index in [0.717, 1.165) is 12.2 Å². The molecule has 138 valence electrons. The Balaban J connectivity index is 1.59. The number of nitrogens with zero attached hydrogens (tertiary/aromatic N) is 1. The summed E-state index contributed by atoms with van der Waals surface area (Å²) in [6, 6.07) is 16.1. The number of ether oxygens (including phenoxy) is 2. The number of likely N-dealkylation sites (tertiary alicyclic amines) is 1. The van der Waals surface area contributed by atoms with Gasteiger partial charge in [0.2, 0.25) is 0 Å². The van der Waals surface area contributed by atoms with Crippen molar-refractivity contribution < 1.29 is 14.3 Å². The van der Waals surface area contributed by atoms with Gasteiger partial charge in [-0.25, -0.2) is 0 Å². The van der Waals surface area contributed by atoms with Crippen molar-refractivity contribution in [3.63, 3.8) is 0 Å². The van der Waals surface area contributed by atoms with E-state index in [1.54, 1.807) is 12.1 Å². The minimum Gasteiger partial charge on any atom is -0.453 e. The van der Waals surface area contributed by atoms with Crippen LogP contribution in [-0.4, -0.2) is 30.5 Å². The molecule has 0 spiro atoms. The smallest absolute Gasteiger partial charge is 0.308 e. The van der Waals surface area contributed by atoms with Crippen molar-refractivity contribution in [2.75, 3.05) is 13.6 Å².